The molecule has 1 N–H and O–H groups in total. The average Bonchev–Trinajstić information content (AvgIpc) is 3.13. The van der Waals surface area contributed by atoms with Crippen molar-refractivity contribution in [1.29, 1.82) is 5.26 Å². The van der Waals surface area contributed by atoms with Gasteiger partial charge in [0, 0.05) is 16.2 Å². The van der Waals surface area contributed by atoms with Crippen molar-refractivity contribution in [2.24, 2.45) is 0 Å². The largest absolute Gasteiger partial charge is 0.376 e. The molecule has 0 radical (unpaired) electrons. The molecule has 30 heavy (non-hydrogen) atoms. The van der Waals surface area contributed by atoms with Gasteiger partial charge in [0.1, 0.15) is 5.82 Å². The van der Waals surface area contributed by atoms with Crippen molar-refractivity contribution in [3.8, 4) is 6.07 Å². The Hall–Kier alpha value is -3.01. The topological polar surface area (TPSA) is 62.1 Å². The van der Waals surface area contributed by atoms with E-state index in [9.17, 15) is 9.18 Å². The number of fused-ring (bicyclic) bond motifs is 1. The third-order valence-corrected chi connectivity index (χ3v) is 6.49. The summed E-state index contributed by atoms with van der Waals surface area (Å²) in [4.78, 5) is 15.4. The van der Waals surface area contributed by atoms with Crippen molar-refractivity contribution in [2.75, 3.05) is 6.61 Å². The molecular weight excluding hydrogens is 399 g/mol. The van der Waals surface area contributed by atoms with Crippen LogP contribution in [0, 0.1) is 17.1 Å². The molecule has 0 bridgehead atoms. The van der Waals surface area contributed by atoms with Crippen LogP contribution in [0.2, 0.25) is 0 Å². The zero-order valence-corrected chi connectivity index (χ0v) is 17.4. The van der Waals surface area contributed by atoms with Gasteiger partial charge in [0.2, 0.25) is 0 Å². The number of nitriles is 1. The first-order valence-electron chi connectivity index (χ1n) is 9.81. The molecule has 1 amide bonds. The van der Waals surface area contributed by atoms with E-state index >= 15 is 0 Å². The van der Waals surface area contributed by atoms with E-state index in [2.05, 4.69) is 11.4 Å². The maximum atomic E-state index is 13.3. The van der Waals surface area contributed by atoms with Gasteiger partial charge in [-0.25, -0.2) is 4.39 Å². The van der Waals surface area contributed by atoms with Crippen molar-refractivity contribution in [3.63, 3.8) is 0 Å². The van der Waals surface area contributed by atoms with Crippen LogP contribution in [-0.2, 0) is 24.2 Å². The fourth-order valence-corrected chi connectivity index (χ4v) is 4.99. The van der Waals surface area contributed by atoms with E-state index in [0.29, 0.717) is 31.6 Å². The van der Waals surface area contributed by atoms with Gasteiger partial charge < -0.3 is 10.1 Å². The summed E-state index contributed by atoms with van der Waals surface area (Å²) in [5, 5.41) is 12.1. The van der Waals surface area contributed by atoms with Gasteiger partial charge in [-0.3, -0.25) is 4.79 Å². The molecule has 2 aromatic carbocycles. The molecule has 1 aliphatic rings. The number of benzene rings is 2. The Morgan fingerprint density at radius 1 is 1.23 bits per heavy atom. The van der Waals surface area contributed by atoms with E-state index in [1.54, 1.807) is 35.6 Å². The number of nitrogens with one attached hydrogen (secondary N) is 1. The number of hydrogen-bond donors (Lipinski definition) is 1. The molecule has 6 heteroatoms. The molecule has 0 fully saturated rings. The van der Waals surface area contributed by atoms with Gasteiger partial charge in [0.25, 0.3) is 5.91 Å². The molecule has 0 saturated carbocycles. The molecule has 0 unspecified atom stereocenters. The Kier molecular flexibility index (Phi) is 5.93. The predicted octanol–water partition coefficient (Wildman–Crippen LogP) is 4.91. The third kappa shape index (κ3) is 4.28. The smallest absolute Gasteiger partial charge is 0.253 e. The first kappa shape index (κ1) is 20.3. The summed E-state index contributed by atoms with van der Waals surface area (Å²) in [5.41, 5.74) is 4.28. The van der Waals surface area contributed by atoms with Crippen LogP contribution in [-0.4, -0.2) is 12.5 Å². The summed E-state index contributed by atoms with van der Waals surface area (Å²) >= 11 is 1.60. The van der Waals surface area contributed by atoms with Gasteiger partial charge in [-0.1, -0.05) is 24.3 Å². The lowest BCUT2D eigenvalue weighted by Crippen LogP contribution is -2.28. The van der Waals surface area contributed by atoms with E-state index in [-0.39, 0.29) is 17.8 Å². The monoisotopic (exact) mass is 420 g/mol. The van der Waals surface area contributed by atoms with Gasteiger partial charge >= 0.3 is 0 Å². The van der Waals surface area contributed by atoms with Crippen LogP contribution in [0.5, 0.6) is 0 Å². The zero-order valence-electron chi connectivity index (χ0n) is 16.6. The van der Waals surface area contributed by atoms with Crippen LogP contribution < -0.4 is 5.32 Å². The fraction of sp³-hybridized carbons (Fsp3) is 0.250. The number of carbonyl (C=O) groups is 1. The molecule has 1 aliphatic heterocycles. The standard InChI is InChI=1S/C24H21FN2O2S/c1-15(18-6-2-17(13-26)3-7-18)27-24(28)23-20-10-11-29-14-22(20)30-21(23)12-16-4-8-19(25)9-5-16/h2-9,15H,10-12,14H2,1H3,(H,27,28)/t15-/m0/s1. The summed E-state index contributed by atoms with van der Waals surface area (Å²) in [5.74, 6) is -0.379. The fourth-order valence-electron chi connectivity index (χ4n) is 3.66. The normalized spacial score (nSPS) is 13.9. The minimum Gasteiger partial charge on any atom is -0.376 e. The van der Waals surface area contributed by atoms with Crippen molar-refractivity contribution in [2.45, 2.75) is 32.4 Å². The van der Waals surface area contributed by atoms with Crippen LogP contribution in [0.15, 0.2) is 48.5 Å². The van der Waals surface area contributed by atoms with Crippen LogP contribution in [0.25, 0.3) is 0 Å². The number of halogens is 1. The van der Waals surface area contributed by atoms with Gasteiger partial charge in [-0.2, -0.15) is 5.26 Å². The van der Waals surface area contributed by atoms with E-state index in [1.165, 1.54) is 12.1 Å². The molecule has 0 aliphatic carbocycles. The summed E-state index contributed by atoms with van der Waals surface area (Å²) in [7, 11) is 0. The minimum atomic E-state index is -0.271. The van der Waals surface area contributed by atoms with Gasteiger partial charge in [0.05, 0.1) is 36.5 Å². The number of ether oxygens (including phenoxy) is 1. The van der Waals surface area contributed by atoms with Crippen LogP contribution in [0.4, 0.5) is 4.39 Å². The summed E-state index contributed by atoms with van der Waals surface area (Å²) < 4.78 is 18.9. The van der Waals surface area contributed by atoms with E-state index < -0.39 is 0 Å². The lowest BCUT2D eigenvalue weighted by atomic mass is 9.99. The molecular formula is C24H21FN2O2S. The Balaban J connectivity index is 1.61. The van der Waals surface area contributed by atoms with Crippen molar-refractivity contribution >= 4 is 17.2 Å². The number of amides is 1. The highest BCUT2D eigenvalue weighted by molar-refractivity contribution is 7.12. The maximum Gasteiger partial charge on any atom is 0.253 e. The molecule has 2 heterocycles. The lowest BCUT2D eigenvalue weighted by Gasteiger charge is -2.17. The first-order valence-corrected chi connectivity index (χ1v) is 10.6. The van der Waals surface area contributed by atoms with Gasteiger partial charge in [0.15, 0.2) is 0 Å². The summed E-state index contributed by atoms with van der Waals surface area (Å²) in [6, 6.07) is 15.5. The summed E-state index contributed by atoms with van der Waals surface area (Å²) in [6.07, 6.45) is 1.29. The van der Waals surface area contributed by atoms with Crippen LogP contribution >= 0.6 is 11.3 Å². The molecule has 1 atom stereocenters. The summed E-state index contributed by atoms with van der Waals surface area (Å²) in [6.45, 7) is 3.06. The van der Waals surface area contributed by atoms with Crippen LogP contribution in [0.3, 0.4) is 0 Å². The zero-order chi connectivity index (χ0) is 21.1. The lowest BCUT2D eigenvalue weighted by molar-refractivity contribution is 0.0931. The number of thiophene rings is 1. The van der Waals surface area contributed by atoms with E-state index in [4.69, 9.17) is 10.00 Å². The highest BCUT2D eigenvalue weighted by Crippen LogP contribution is 2.34. The van der Waals surface area contributed by atoms with E-state index in [1.807, 2.05) is 19.1 Å². The quantitative estimate of drug-likeness (QED) is 0.638. The highest BCUT2D eigenvalue weighted by Gasteiger charge is 2.26. The number of carbonyl (C=O) groups excluding carboxylic acids is 1. The van der Waals surface area contributed by atoms with E-state index in [0.717, 1.165) is 32.0 Å². The molecule has 4 nitrogen and oxygen atoms in total. The second kappa shape index (κ2) is 8.78. The van der Waals surface area contributed by atoms with Gasteiger partial charge in [-0.15, -0.1) is 11.3 Å². The third-order valence-electron chi connectivity index (χ3n) is 5.29. The SMILES string of the molecule is C[C@H](NC(=O)c1c(Cc2ccc(F)cc2)sc2c1CCOC2)c1ccc(C#N)cc1. The molecule has 152 valence electrons. The molecule has 4 rings (SSSR count). The average molecular weight is 421 g/mol. The first-order chi connectivity index (χ1) is 14.5. The minimum absolute atomic E-state index is 0.108. The molecule has 1 aromatic heterocycles. The second-order valence-corrected chi connectivity index (χ2v) is 8.53. The van der Waals surface area contributed by atoms with Crippen LogP contribution in [0.1, 0.15) is 55.3 Å². The van der Waals surface area contributed by atoms with Crippen molar-refractivity contribution in [3.05, 3.63) is 91.9 Å². The maximum absolute atomic E-state index is 13.3. The molecule has 0 spiro atoms. The van der Waals surface area contributed by atoms with Crippen molar-refractivity contribution in [1.82, 2.24) is 5.32 Å². The Morgan fingerprint density at radius 2 is 1.97 bits per heavy atom. The Morgan fingerprint density at radius 3 is 2.67 bits per heavy atom. The second-order valence-electron chi connectivity index (χ2n) is 7.34. The Labute approximate surface area is 178 Å². The number of nitrogens with zero attached hydrogens (tertiary/aromatic N) is 1. The Bertz CT molecular complexity index is 1100. The highest BCUT2D eigenvalue weighted by atomic mass is 32.1. The van der Waals surface area contributed by atoms with Gasteiger partial charge in [-0.05, 0) is 54.3 Å². The van der Waals surface area contributed by atoms with Crippen molar-refractivity contribution < 1.29 is 13.9 Å². The number of rotatable bonds is 5. The predicted molar refractivity (Wildman–Crippen MR) is 114 cm³/mol. The number of hydrogen-bond acceptors (Lipinski definition) is 4. The molecule has 3 aromatic rings. The molecule has 0 saturated heterocycles.